The van der Waals surface area contributed by atoms with E-state index in [9.17, 15) is 16.8 Å². The Morgan fingerprint density at radius 1 is 0.692 bits per heavy atom. The molecule has 0 saturated carbocycles. The van der Waals surface area contributed by atoms with E-state index < -0.39 is 26.2 Å². The minimum absolute atomic E-state index is 0.151. The van der Waals surface area contributed by atoms with E-state index >= 15 is 0 Å². The summed E-state index contributed by atoms with van der Waals surface area (Å²) in [6, 6.07) is 10.3. The summed E-state index contributed by atoms with van der Waals surface area (Å²) in [5, 5.41) is 0. The molecule has 2 rings (SSSR count). The fourth-order valence-electron chi connectivity index (χ4n) is 3.12. The molecule has 0 amide bonds. The van der Waals surface area contributed by atoms with Gasteiger partial charge in [-0.2, -0.15) is 16.8 Å². The second kappa shape index (κ2) is 14.2. The first-order valence-electron chi connectivity index (χ1n) is 10.9. The predicted molar refractivity (Wildman–Crippen MR) is 135 cm³/mol. The van der Waals surface area contributed by atoms with Gasteiger partial charge in [0.05, 0.1) is 12.5 Å². The van der Waals surface area contributed by atoms with Gasteiger partial charge in [-0.15, -0.1) is 0 Å². The van der Waals surface area contributed by atoms with Crippen molar-refractivity contribution in [2.45, 2.75) is 19.3 Å². The highest BCUT2D eigenvalue weighted by molar-refractivity contribution is 7.81. The van der Waals surface area contributed by atoms with Gasteiger partial charge in [-0.1, -0.05) is 47.8 Å². The minimum Gasteiger partial charge on any atom is -0.487 e. The highest BCUT2D eigenvalue weighted by Crippen LogP contribution is 2.40. The molecule has 0 radical (unpaired) electrons. The Morgan fingerprint density at radius 3 is 1.41 bits per heavy atom. The van der Waals surface area contributed by atoms with Gasteiger partial charge in [-0.05, 0) is 35.4 Å². The molecule has 39 heavy (non-hydrogen) atoms. The van der Waals surface area contributed by atoms with E-state index in [0.717, 1.165) is 11.1 Å². The number of hydrogen-bond donors (Lipinski definition) is 2. The van der Waals surface area contributed by atoms with Gasteiger partial charge in [-0.3, -0.25) is 9.11 Å². The smallest absolute Gasteiger partial charge is 0.424 e. The van der Waals surface area contributed by atoms with Crippen molar-refractivity contribution in [3.8, 4) is 23.0 Å². The molecular formula is C23H28O14S2. The molecule has 2 aromatic rings. The second-order valence-electron chi connectivity index (χ2n) is 7.85. The fourth-order valence-corrected chi connectivity index (χ4v) is 3.50. The summed E-state index contributed by atoms with van der Waals surface area (Å²) < 4.78 is 89.0. The van der Waals surface area contributed by atoms with E-state index in [2.05, 4.69) is 31.6 Å². The third kappa shape index (κ3) is 10.8. The molecule has 0 heterocycles. The van der Waals surface area contributed by atoms with Crippen molar-refractivity contribution in [1.82, 2.24) is 0 Å². The summed E-state index contributed by atoms with van der Waals surface area (Å²) in [6.45, 7) is 9.95. The Hall–Kier alpha value is -3.22. The summed E-state index contributed by atoms with van der Waals surface area (Å²) in [4.78, 5) is 8.76. The monoisotopic (exact) mass is 592 g/mol. The molecule has 0 saturated heterocycles. The highest BCUT2D eigenvalue weighted by Gasteiger charge is 2.26. The highest BCUT2D eigenvalue weighted by atomic mass is 32.3. The molecule has 0 aromatic heterocycles. The van der Waals surface area contributed by atoms with Crippen LogP contribution in [-0.2, 0) is 44.7 Å². The topological polar surface area (TPSA) is 183 Å². The Kier molecular flexibility index (Phi) is 11.7. The van der Waals surface area contributed by atoms with Crippen LogP contribution >= 0.6 is 0 Å². The van der Waals surface area contributed by atoms with Crippen LogP contribution in [0.4, 0.5) is 0 Å². The van der Waals surface area contributed by atoms with E-state index in [1.807, 2.05) is 13.8 Å². The average Bonchev–Trinajstić information content (AvgIpc) is 2.84. The maximum Gasteiger partial charge on any atom is 0.424 e. The Bertz CT molecular complexity index is 1240. The molecule has 0 fully saturated rings. The van der Waals surface area contributed by atoms with Crippen molar-refractivity contribution in [3.05, 3.63) is 73.2 Å². The molecule has 2 aromatic carbocycles. The number of benzene rings is 2. The summed E-state index contributed by atoms with van der Waals surface area (Å²) in [5.74, 6) is 1.22. The van der Waals surface area contributed by atoms with Gasteiger partial charge in [0.25, 0.3) is 0 Å². The summed E-state index contributed by atoms with van der Waals surface area (Å²) >= 11 is 0. The average molecular weight is 593 g/mol. The SMILES string of the molecule is C=COc1ccc(C(C)(C)c2ccc(OC=C)c(OCCOOS(=O)(=O)O)c2)cc1OCCOOS(=O)(=O)O. The molecule has 0 aliphatic heterocycles. The Labute approximate surface area is 226 Å². The van der Waals surface area contributed by atoms with Gasteiger partial charge < -0.3 is 18.9 Å². The summed E-state index contributed by atoms with van der Waals surface area (Å²) in [5.41, 5.74) is 0.902. The molecule has 216 valence electrons. The van der Waals surface area contributed by atoms with E-state index in [-0.39, 0.29) is 37.9 Å². The van der Waals surface area contributed by atoms with E-state index in [4.69, 9.17) is 28.1 Å². The Balaban J connectivity index is 2.25. The molecule has 0 aliphatic carbocycles. The van der Waals surface area contributed by atoms with Crippen LogP contribution in [0.25, 0.3) is 0 Å². The van der Waals surface area contributed by atoms with Crippen molar-refractivity contribution < 1.29 is 63.3 Å². The number of rotatable bonds is 18. The minimum atomic E-state index is -4.76. The van der Waals surface area contributed by atoms with Crippen LogP contribution < -0.4 is 18.9 Å². The van der Waals surface area contributed by atoms with Gasteiger partial charge in [0, 0.05) is 5.41 Å². The van der Waals surface area contributed by atoms with E-state index in [1.54, 1.807) is 36.4 Å². The molecule has 0 unspecified atom stereocenters. The van der Waals surface area contributed by atoms with Gasteiger partial charge in [0.1, 0.15) is 26.4 Å². The van der Waals surface area contributed by atoms with E-state index in [1.165, 1.54) is 12.5 Å². The van der Waals surface area contributed by atoms with Crippen molar-refractivity contribution in [2.75, 3.05) is 26.4 Å². The molecule has 0 atom stereocenters. The van der Waals surface area contributed by atoms with Crippen LogP contribution in [0.5, 0.6) is 23.0 Å². The lowest BCUT2D eigenvalue weighted by Gasteiger charge is -2.28. The molecule has 0 spiro atoms. The first-order valence-corrected chi connectivity index (χ1v) is 13.7. The third-order valence-corrected chi connectivity index (χ3v) is 5.40. The van der Waals surface area contributed by atoms with Crippen molar-refractivity contribution in [3.63, 3.8) is 0 Å². The van der Waals surface area contributed by atoms with Crippen molar-refractivity contribution in [1.29, 1.82) is 0 Å². The van der Waals surface area contributed by atoms with Crippen LogP contribution in [0, 0.1) is 0 Å². The molecule has 14 nitrogen and oxygen atoms in total. The lowest BCUT2D eigenvalue weighted by Crippen LogP contribution is -2.20. The standard InChI is InChI=1S/C23H28O14S2/c1-5-30-19-9-7-17(15-21(19)32-11-13-34-36-38(24,25)26)23(3,4)18-8-10-20(31-6-2)22(16-18)33-12-14-35-37-39(27,28)29/h5-10,15-16H,1-2,11-14H2,3-4H3,(H,24,25,26)(H,27,28,29). The van der Waals surface area contributed by atoms with Gasteiger partial charge in [0.2, 0.25) is 0 Å². The Morgan fingerprint density at radius 2 is 1.08 bits per heavy atom. The first kappa shape index (κ1) is 32.0. The fraction of sp³-hybridized carbons (Fsp3) is 0.304. The zero-order valence-corrected chi connectivity index (χ0v) is 22.6. The van der Waals surface area contributed by atoms with Crippen LogP contribution in [0.3, 0.4) is 0 Å². The number of hydrogen-bond acceptors (Lipinski definition) is 12. The second-order valence-corrected chi connectivity index (χ2v) is 9.83. The zero-order valence-electron chi connectivity index (χ0n) is 21.0. The molecule has 0 bridgehead atoms. The molecular weight excluding hydrogens is 564 g/mol. The molecule has 0 aliphatic rings. The van der Waals surface area contributed by atoms with E-state index in [0.29, 0.717) is 11.5 Å². The molecule has 2 N–H and O–H groups in total. The van der Waals surface area contributed by atoms with Gasteiger partial charge in [0.15, 0.2) is 23.0 Å². The first-order chi connectivity index (χ1) is 18.3. The van der Waals surface area contributed by atoms with Crippen LogP contribution in [-0.4, -0.2) is 52.4 Å². The van der Waals surface area contributed by atoms with Gasteiger partial charge in [-0.25, -0.2) is 9.78 Å². The number of ether oxygens (including phenoxy) is 4. The van der Waals surface area contributed by atoms with Gasteiger partial charge >= 0.3 is 20.8 Å². The maximum atomic E-state index is 10.6. The lowest BCUT2D eigenvalue weighted by molar-refractivity contribution is -0.211. The summed E-state index contributed by atoms with van der Waals surface area (Å²) in [7, 11) is -9.51. The third-order valence-electron chi connectivity index (χ3n) is 4.87. The lowest BCUT2D eigenvalue weighted by atomic mass is 9.78. The van der Waals surface area contributed by atoms with Crippen molar-refractivity contribution in [2.24, 2.45) is 0 Å². The zero-order chi connectivity index (χ0) is 29.1. The quantitative estimate of drug-likeness (QED) is 0.0845. The van der Waals surface area contributed by atoms with Crippen LogP contribution in [0.2, 0.25) is 0 Å². The summed E-state index contributed by atoms with van der Waals surface area (Å²) in [6.07, 6.45) is 2.41. The maximum absolute atomic E-state index is 10.6. The van der Waals surface area contributed by atoms with Crippen LogP contribution in [0.15, 0.2) is 62.1 Å². The largest absolute Gasteiger partial charge is 0.487 e. The van der Waals surface area contributed by atoms with Crippen molar-refractivity contribution >= 4 is 20.8 Å². The predicted octanol–water partition coefficient (Wildman–Crippen LogP) is 3.32. The molecule has 16 heteroatoms. The normalized spacial score (nSPS) is 12.0. The van der Waals surface area contributed by atoms with Crippen LogP contribution in [0.1, 0.15) is 25.0 Å².